The van der Waals surface area contributed by atoms with E-state index in [0.29, 0.717) is 12.6 Å². The SMILES string of the molecule is CC1CN(N=C(N)NN2CCOC(C)C2)CCO1. The molecule has 18 heavy (non-hydrogen) atoms. The second kappa shape index (κ2) is 6.21. The number of hydrogen-bond donors (Lipinski definition) is 2. The number of hydrazine groups is 1. The molecule has 2 saturated heterocycles. The summed E-state index contributed by atoms with van der Waals surface area (Å²) >= 11 is 0. The van der Waals surface area contributed by atoms with Crippen LogP contribution in [-0.4, -0.2) is 67.6 Å². The average molecular weight is 257 g/mol. The Hall–Kier alpha value is -1.05. The molecule has 2 aliphatic rings. The van der Waals surface area contributed by atoms with Gasteiger partial charge in [0.2, 0.25) is 5.96 Å². The molecular formula is C11H23N5O2. The molecule has 7 nitrogen and oxygen atoms in total. The van der Waals surface area contributed by atoms with Crippen molar-refractivity contribution in [2.75, 3.05) is 39.4 Å². The van der Waals surface area contributed by atoms with Crippen molar-refractivity contribution in [3.05, 3.63) is 0 Å². The summed E-state index contributed by atoms with van der Waals surface area (Å²) in [6.07, 6.45) is 0.432. The molecule has 0 saturated carbocycles. The monoisotopic (exact) mass is 257 g/mol. The zero-order chi connectivity index (χ0) is 13.0. The van der Waals surface area contributed by atoms with Crippen LogP contribution >= 0.6 is 0 Å². The summed E-state index contributed by atoms with van der Waals surface area (Å²) in [6.45, 7) is 8.70. The normalized spacial score (nSPS) is 31.4. The van der Waals surface area contributed by atoms with Crippen molar-refractivity contribution < 1.29 is 9.47 Å². The Morgan fingerprint density at radius 1 is 1.17 bits per heavy atom. The van der Waals surface area contributed by atoms with Crippen LogP contribution < -0.4 is 11.2 Å². The van der Waals surface area contributed by atoms with E-state index in [1.165, 1.54) is 0 Å². The van der Waals surface area contributed by atoms with Crippen LogP contribution in [0, 0.1) is 0 Å². The van der Waals surface area contributed by atoms with Crippen molar-refractivity contribution in [2.24, 2.45) is 10.8 Å². The number of hydrazone groups is 1. The molecule has 0 aromatic heterocycles. The maximum absolute atomic E-state index is 5.90. The van der Waals surface area contributed by atoms with Crippen molar-refractivity contribution in [2.45, 2.75) is 26.1 Å². The molecule has 0 aromatic carbocycles. The van der Waals surface area contributed by atoms with E-state index in [4.69, 9.17) is 15.2 Å². The highest BCUT2D eigenvalue weighted by molar-refractivity contribution is 5.77. The Labute approximate surface area is 108 Å². The lowest BCUT2D eigenvalue weighted by Crippen LogP contribution is -2.54. The first kappa shape index (κ1) is 13.4. The predicted octanol–water partition coefficient (Wildman–Crippen LogP) is -0.838. The summed E-state index contributed by atoms with van der Waals surface area (Å²) in [4.78, 5) is 0. The van der Waals surface area contributed by atoms with Gasteiger partial charge in [0, 0.05) is 13.1 Å². The van der Waals surface area contributed by atoms with Gasteiger partial charge in [0.15, 0.2) is 0 Å². The molecule has 0 spiro atoms. The Morgan fingerprint density at radius 3 is 2.50 bits per heavy atom. The number of rotatable bonds is 2. The molecule has 7 heteroatoms. The molecule has 0 radical (unpaired) electrons. The fourth-order valence-electron chi connectivity index (χ4n) is 2.15. The quantitative estimate of drug-likeness (QED) is 0.496. The highest BCUT2D eigenvalue weighted by Crippen LogP contribution is 2.04. The minimum atomic E-state index is 0.207. The van der Waals surface area contributed by atoms with Gasteiger partial charge < -0.3 is 15.2 Å². The van der Waals surface area contributed by atoms with E-state index in [-0.39, 0.29) is 12.2 Å². The van der Waals surface area contributed by atoms with Gasteiger partial charge >= 0.3 is 0 Å². The van der Waals surface area contributed by atoms with Gasteiger partial charge in [-0.05, 0) is 13.8 Å². The molecule has 0 aromatic rings. The third-order valence-corrected chi connectivity index (χ3v) is 2.98. The number of hydrogen-bond acceptors (Lipinski definition) is 5. The van der Waals surface area contributed by atoms with E-state index >= 15 is 0 Å². The summed E-state index contributed by atoms with van der Waals surface area (Å²) in [5, 5.41) is 8.34. The van der Waals surface area contributed by atoms with Gasteiger partial charge in [-0.25, -0.2) is 5.01 Å². The first-order chi connectivity index (χ1) is 8.63. The van der Waals surface area contributed by atoms with Crippen LogP contribution in [0.4, 0.5) is 0 Å². The lowest BCUT2D eigenvalue weighted by Gasteiger charge is -2.33. The molecule has 2 rings (SSSR count). The Balaban J connectivity index is 1.80. The third-order valence-electron chi connectivity index (χ3n) is 2.98. The van der Waals surface area contributed by atoms with E-state index in [9.17, 15) is 0 Å². The van der Waals surface area contributed by atoms with E-state index in [0.717, 1.165) is 32.8 Å². The molecule has 0 bridgehead atoms. The number of nitrogens with two attached hydrogens (primary N) is 1. The van der Waals surface area contributed by atoms with Crippen LogP contribution in [0.15, 0.2) is 5.10 Å². The molecule has 2 atom stereocenters. The van der Waals surface area contributed by atoms with Gasteiger partial charge in [0.25, 0.3) is 0 Å². The molecule has 0 aliphatic carbocycles. The lowest BCUT2D eigenvalue weighted by molar-refractivity contribution is -0.0304. The average Bonchev–Trinajstić information content (AvgIpc) is 2.28. The predicted molar refractivity (Wildman–Crippen MR) is 68.7 cm³/mol. The second-order valence-corrected chi connectivity index (χ2v) is 4.82. The molecule has 3 N–H and O–H groups in total. The van der Waals surface area contributed by atoms with Crippen molar-refractivity contribution in [1.82, 2.24) is 15.4 Å². The van der Waals surface area contributed by atoms with Gasteiger partial charge in [0.1, 0.15) is 0 Å². The molecule has 2 unspecified atom stereocenters. The zero-order valence-corrected chi connectivity index (χ0v) is 11.1. The van der Waals surface area contributed by atoms with Gasteiger partial charge in [-0.15, -0.1) is 5.10 Å². The highest BCUT2D eigenvalue weighted by atomic mass is 16.5. The van der Waals surface area contributed by atoms with E-state index in [2.05, 4.69) is 10.5 Å². The maximum Gasteiger partial charge on any atom is 0.225 e. The van der Waals surface area contributed by atoms with Crippen LogP contribution in [0.5, 0.6) is 0 Å². The minimum Gasteiger partial charge on any atom is -0.376 e. The second-order valence-electron chi connectivity index (χ2n) is 4.82. The van der Waals surface area contributed by atoms with Crippen LogP contribution in [-0.2, 0) is 9.47 Å². The Bertz CT molecular complexity index is 299. The van der Waals surface area contributed by atoms with Gasteiger partial charge in [0.05, 0.1) is 38.5 Å². The van der Waals surface area contributed by atoms with E-state index in [1.54, 1.807) is 0 Å². The molecule has 2 aliphatic heterocycles. The Morgan fingerprint density at radius 2 is 1.83 bits per heavy atom. The van der Waals surface area contributed by atoms with Crippen LogP contribution in [0.1, 0.15) is 13.8 Å². The number of nitrogens with one attached hydrogen (secondary N) is 1. The fraction of sp³-hybridized carbons (Fsp3) is 0.909. The number of guanidine groups is 1. The van der Waals surface area contributed by atoms with E-state index in [1.807, 2.05) is 23.9 Å². The minimum absolute atomic E-state index is 0.207. The van der Waals surface area contributed by atoms with Gasteiger partial charge in [-0.1, -0.05) is 0 Å². The number of nitrogens with zero attached hydrogens (tertiary/aromatic N) is 3. The zero-order valence-electron chi connectivity index (χ0n) is 11.1. The summed E-state index contributed by atoms with van der Waals surface area (Å²) in [7, 11) is 0. The number of morpholine rings is 2. The lowest BCUT2D eigenvalue weighted by atomic mass is 10.3. The van der Waals surface area contributed by atoms with Crippen molar-refractivity contribution in [1.29, 1.82) is 0 Å². The third kappa shape index (κ3) is 4.01. The summed E-state index contributed by atoms with van der Waals surface area (Å²) in [5.41, 5.74) is 9.01. The van der Waals surface area contributed by atoms with Crippen LogP contribution in [0.3, 0.4) is 0 Å². The molecule has 2 heterocycles. The Kier molecular flexibility index (Phi) is 4.62. The summed E-state index contributed by atoms with van der Waals surface area (Å²) in [6, 6.07) is 0. The molecular weight excluding hydrogens is 234 g/mol. The van der Waals surface area contributed by atoms with Crippen molar-refractivity contribution in [3.63, 3.8) is 0 Å². The molecule has 104 valence electrons. The molecule has 0 amide bonds. The summed E-state index contributed by atoms with van der Waals surface area (Å²) < 4.78 is 10.9. The topological polar surface area (TPSA) is 75.4 Å². The first-order valence-electron chi connectivity index (χ1n) is 6.47. The largest absolute Gasteiger partial charge is 0.376 e. The van der Waals surface area contributed by atoms with Gasteiger partial charge in [-0.2, -0.15) is 0 Å². The first-order valence-corrected chi connectivity index (χ1v) is 6.47. The highest BCUT2D eigenvalue weighted by Gasteiger charge is 2.18. The fourth-order valence-corrected chi connectivity index (χ4v) is 2.15. The molecule has 2 fully saturated rings. The van der Waals surface area contributed by atoms with Crippen molar-refractivity contribution in [3.8, 4) is 0 Å². The van der Waals surface area contributed by atoms with E-state index < -0.39 is 0 Å². The summed E-state index contributed by atoms with van der Waals surface area (Å²) in [5.74, 6) is 0.429. The smallest absolute Gasteiger partial charge is 0.225 e. The number of ether oxygens (including phenoxy) is 2. The van der Waals surface area contributed by atoms with Crippen LogP contribution in [0.25, 0.3) is 0 Å². The van der Waals surface area contributed by atoms with Crippen LogP contribution in [0.2, 0.25) is 0 Å². The van der Waals surface area contributed by atoms with Gasteiger partial charge in [-0.3, -0.25) is 10.4 Å². The maximum atomic E-state index is 5.90. The standard InChI is InChI=1S/C11H23N5O2/c1-9-7-15(3-5-17-9)13-11(12)14-16-4-6-18-10(2)8-16/h9-10H,3-8H2,1-2H3,(H3,12,13,14). The van der Waals surface area contributed by atoms with Crippen molar-refractivity contribution >= 4 is 5.96 Å².